The second-order valence-corrected chi connectivity index (χ2v) is 7.37. The van der Waals surface area contributed by atoms with Crippen LogP contribution in [0.3, 0.4) is 0 Å². The van der Waals surface area contributed by atoms with Crippen LogP contribution in [0.25, 0.3) is 0 Å². The number of aryl methyl sites for hydroxylation is 1. The summed E-state index contributed by atoms with van der Waals surface area (Å²) in [6, 6.07) is 0. The number of nitrogens with one attached hydrogen (secondary N) is 2. The molecule has 0 radical (unpaired) electrons. The molecule has 0 saturated carbocycles. The molecule has 0 bridgehead atoms. The third kappa shape index (κ3) is 6.11. The number of hydrogen-bond donors (Lipinski definition) is 2. The van der Waals surface area contributed by atoms with Crippen molar-refractivity contribution in [2.24, 2.45) is 10.9 Å². The molecular formula is C17H31N5S. The van der Waals surface area contributed by atoms with Gasteiger partial charge in [-0.05, 0) is 51.2 Å². The summed E-state index contributed by atoms with van der Waals surface area (Å²) < 4.78 is 0. The lowest BCUT2D eigenvalue weighted by Gasteiger charge is -2.32. The molecule has 1 saturated heterocycles. The van der Waals surface area contributed by atoms with Crippen molar-refractivity contribution < 1.29 is 0 Å². The van der Waals surface area contributed by atoms with Gasteiger partial charge in [-0.2, -0.15) is 0 Å². The number of rotatable bonds is 7. The fourth-order valence-corrected chi connectivity index (χ4v) is 3.75. The van der Waals surface area contributed by atoms with Crippen LogP contribution in [0.1, 0.15) is 43.0 Å². The van der Waals surface area contributed by atoms with Crippen molar-refractivity contribution in [3.05, 3.63) is 16.1 Å². The number of guanidine groups is 1. The Morgan fingerprint density at radius 1 is 1.35 bits per heavy atom. The number of aromatic nitrogens is 1. The zero-order chi connectivity index (χ0) is 16.5. The first-order chi connectivity index (χ1) is 11.2. The highest BCUT2D eigenvalue weighted by Gasteiger charge is 2.18. The lowest BCUT2D eigenvalue weighted by molar-refractivity contribution is 0.185. The molecule has 5 nitrogen and oxygen atoms in total. The van der Waals surface area contributed by atoms with Crippen molar-refractivity contribution in [1.82, 2.24) is 20.5 Å². The van der Waals surface area contributed by atoms with Gasteiger partial charge in [0.25, 0.3) is 0 Å². The van der Waals surface area contributed by atoms with Crippen LogP contribution in [0.15, 0.2) is 11.2 Å². The molecule has 6 heteroatoms. The highest BCUT2D eigenvalue weighted by Crippen LogP contribution is 2.16. The Bertz CT molecular complexity index is 477. The van der Waals surface area contributed by atoms with Crippen LogP contribution in [-0.4, -0.2) is 49.1 Å². The average Bonchev–Trinajstić information content (AvgIpc) is 3.05. The van der Waals surface area contributed by atoms with Crippen molar-refractivity contribution >= 4 is 17.3 Å². The van der Waals surface area contributed by atoms with Gasteiger partial charge in [0.1, 0.15) is 5.01 Å². The number of thiazole rings is 1. The van der Waals surface area contributed by atoms with E-state index >= 15 is 0 Å². The Hall–Kier alpha value is -1.14. The SMILES string of the molecule is CCCN1CCC(CNC(=NC)NCc2ncc(CC)s2)CC1. The van der Waals surface area contributed by atoms with Crippen molar-refractivity contribution in [2.75, 3.05) is 33.2 Å². The summed E-state index contributed by atoms with van der Waals surface area (Å²) in [5, 5.41) is 7.97. The molecule has 0 amide bonds. The van der Waals surface area contributed by atoms with Crippen molar-refractivity contribution in [2.45, 2.75) is 46.1 Å². The van der Waals surface area contributed by atoms with Gasteiger partial charge in [-0.3, -0.25) is 4.99 Å². The number of hydrogen-bond acceptors (Lipinski definition) is 4. The van der Waals surface area contributed by atoms with E-state index in [1.54, 1.807) is 11.3 Å². The van der Waals surface area contributed by atoms with E-state index in [1.165, 1.54) is 43.8 Å². The van der Waals surface area contributed by atoms with Gasteiger partial charge in [0.05, 0.1) is 6.54 Å². The largest absolute Gasteiger partial charge is 0.356 e. The van der Waals surface area contributed by atoms with Gasteiger partial charge in [0, 0.05) is 24.7 Å². The number of aliphatic imine (C=N–C) groups is 1. The fraction of sp³-hybridized carbons (Fsp3) is 0.765. The zero-order valence-corrected chi connectivity index (χ0v) is 15.6. The van der Waals surface area contributed by atoms with Crippen molar-refractivity contribution in [1.29, 1.82) is 0 Å². The second kappa shape index (κ2) is 9.88. The highest BCUT2D eigenvalue weighted by molar-refractivity contribution is 7.11. The first-order valence-electron chi connectivity index (χ1n) is 8.85. The molecule has 2 N–H and O–H groups in total. The summed E-state index contributed by atoms with van der Waals surface area (Å²) in [5.41, 5.74) is 0. The van der Waals surface area contributed by atoms with Gasteiger partial charge in [-0.25, -0.2) is 4.98 Å². The third-order valence-corrected chi connectivity index (χ3v) is 5.53. The van der Waals surface area contributed by atoms with E-state index < -0.39 is 0 Å². The van der Waals surface area contributed by atoms with E-state index in [1.807, 2.05) is 13.2 Å². The zero-order valence-electron chi connectivity index (χ0n) is 14.8. The molecule has 0 atom stereocenters. The maximum absolute atomic E-state index is 4.44. The molecular weight excluding hydrogens is 306 g/mol. The summed E-state index contributed by atoms with van der Waals surface area (Å²) in [6.45, 7) is 9.91. The normalized spacial score (nSPS) is 17.4. The Morgan fingerprint density at radius 2 is 2.13 bits per heavy atom. The van der Waals surface area contributed by atoms with Crippen molar-refractivity contribution in [3.8, 4) is 0 Å². The molecule has 0 aromatic carbocycles. The molecule has 0 spiro atoms. The van der Waals surface area contributed by atoms with E-state index in [-0.39, 0.29) is 0 Å². The predicted molar refractivity (Wildman–Crippen MR) is 99.1 cm³/mol. The molecule has 0 aliphatic carbocycles. The molecule has 1 aromatic rings. The van der Waals surface area contributed by atoms with Crippen LogP contribution in [0, 0.1) is 5.92 Å². The number of likely N-dealkylation sites (tertiary alicyclic amines) is 1. The van der Waals surface area contributed by atoms with Crippen LogP contribution in [0.5, 0.6) is 0 Å². The van der Waals surface area contributed by atoms with Gasteiger partial charge < -0.3 is 15.5 Å². The molecule has 0 unspecified atom stereocenters. The Balaban J connectivity index is 1.67. The van der Waals surface area contributed by atoms with E-state index in [0.29, 0.717) is 0 Å². The number of piperidine rings is 1. The van der Waals surface area contributed by atoms with Crippen LogP contribution >= 0.6 is 11.3 Å². The lowest BCUT2D eigenvalue weighted by atomic mass is 9.97. The minimum atomic E-state index is 0.749. The fourth-order valence-electron chi connectivity index (χ4n) is 2.94. The molecule has 130 valence electrons. The van der Waals surface area contributed by atoms with Gasteiger partial charge in [-0.15, -0.1) is 11.3 Å². The quantitative estimate of drug-likeness (QED) is 0.593. The Kier molecular flexibility index (Phi) is 7.82. The molecule has 1 aliphatic heterocycles. The molecule has 1 fully saturated rings. The van der Waals surface area contributed by atoms with Gasteiger partial charge in [-0.1, -0.05) is 13.8 Å². The third-order valence-electron chi connectivity index (χ3n) is 4.39. The van der Waals surface area contributed by atoms with E-state index in [2.05, 4.69) is 39.4 Å². The predicted octanol–water partition coefficient (Wildman–Crippen LogP) is 2.49. The van der Waals surface area contributed by atoms with E-state index in [9.17, 15) is 0 Å². The minimum absolute atomic E-state index is 0.749. The maximum atomic E-state index is 4.44. The van der Waals surface area contributed by atoms with Gasteiger partial charge in [0.2, 0.25) is 0 Å². The van der Waals surface area contributed by atoms with Gasteiger partial charge in [0.15, 0.2) is 5.96 Å². The summed E-state index contributed by atoms with van der Waals surface area (Å²) in [4.78, 5) is 12.7. The summed E-state index contributed by atoms with van der Waals surface area (Å²) in [5.74, 6) is 1.64. The topological polar surface area (TPSA) is 52.5 Å². The highest BCUT2D eigenvalue weighted by atomic mass is 32.1. The Morgan fingerprint density at radius 3 is 2.74 bits per heavy atom. The molecule has 1 aromatic heterocycles. The molecule has 1 aliphatic rings. The smallest absolute Gasteiger partial charge is 0.191 e. The monoisotopic (exact) mass is 337 g/mol. The average molecular weight is 338 g/mol. The first-order valence-corrected chi connectivity index (χ1v) is 9.67. The second-order valence-electron chi connectivity index (χ2n) is 6.17. The summed E-state index contributed by atoms with van der Waals surface area (Å²) in [6.07, 6.45) is 6.87. The van der Waals surface area contributed by atoms with Crippen LogP contribution in [0.2, 0.25) is 0 Å². The summed E-state index contributed by atoms with van der Waals surface area (Å²) >= 11 is 1.77. The molecule has 2 rings (SSSR count). The molecule has 23 heavy (non-hydrogen) atoms. The van der Waals surface area contributed by atoms with Gasteiger partial charge >= 0.3 is 0 Å². The van der Waals surface area contributed by atoms with Crippen molar-refractivity contribution in [3.63, 3.8) is 0 Å². The number of nitrogens with zero attached hydrogens (tertiary/aromatic N) is 3. The van der Waals surface area contributed by atoms with Crippen LogP contribution in [-0.2, 0) is 13.0 Å². The van der Waals surface area contributed by atoms with Crippen LogP contribution in [0.4, 0.5) is 0 Å². The van der Waals surface area contributed by atoms with E-state index in [0.717, 1.165) is 36.4 Å². The standard InChI is InChI=1S/C17H31N5S/c1-4-8-22-9-6-14(7-10-22)11-20-17(18-3)21-13-16-19-12-15(5-2)23-16/h12,14H,4-11,13H2,1-3H3,(H2,18,20,21). The summed E-state index contributed by atoms with van der Waals surface area (Å²) in [7, 11) is 1.83. The Labute approximate surface area is 144 Å². The molecule has 2 heterocycles. The first kappa shape index (κ1) is 18.2. The van der Waals surface area contributed by atoms with E-state index in [4.69, 9.17) is 0 Å². The lowest BCUT2D eigenvalue weighted by Crippen LogP contribution is -2.42. The minimum Gasteiger partial charge on any atom is -0.356 e. The maximum Gasteiger partial charge on any atom is 0.191 e. The van der Waals surface area contributed by atoms with Crippen LogP contribution < -0.4 is 10.6 Å².